The number of carbonyl (C=O) groups is 2. The average molecular weight is 375 g/mol. The maximum absolute atomic E-state index is 13.8. The fourth-order valence-electron chi connectivity index (χ4n) is 2.52. The summed E-state index contributed by atoms with van der Waals surface area (Å²) in [5, 5.41) is 11.8. The topological polar surface area (TPSA) is 84.9 Å². The molecule has 27 heavy (non-hydrogen) atoms. The summed E-state index contributed by atoms with van der Waals surface area (Å²) < 4.78 is 24.2. The lowest BCUT2D eigenvalue weighted by atomic mass is 10.1. The maximum Gasteiger partial charge on any atom is 0.330 e. The minimum atomic E-state index is -1.34. The summed E-state index contributed by atoms with van der Waals surface area (Å²) in [6.45, 7) is 2.25. The third-order valence-corrected chi connectivity index (χ3v) is 3.96. The van der Waals surface area contributed by atoms with Gasteiger partial charge in [0, 0.05) is 6.42 Å². The zero-order chi connectivity index (χ0) is 19.8. The first-order chi connectivity index (χ1) is 12.9. The summed E-state index contributed by atoms with van der Waals surface area (Å²) in [6, 6.07) is 9.96. The van der Waals surface area contributed by atoms with Crippen LogP contribution in [0.4, 0.5) is 4.39 Å². The molecule has 1 amide bonds. The molecule has 144 valence electrons. The van der Waals surface area contributed by atoms with E-state index in [-0.39, 0.29) is 17.7 Å². The number of rotatable bonds is 9. The normalized spacial score (nSPS) is 11.5. The molecule has 0 heterocycles. The summed E-state index contributed by atoms with van der Waals surface area (Å²) in [7, 11) is 1.31. The molecule has 0 saturated carbocycles. The largest absolute Gasteiger partial charge is 0.494 e. The second kappa shape index (κ2) is 9.56. The lowest BCUT2D eigenvalue weighted by Crippen LogP contribution is -2.33. The van der Waals surface area contributed by atoms with Gasteiger partial charge in [-0.2, -0.15) is 0 Å². The molecule has 0 saturated heterocycles. The van der Waals surface area contributed by atoms with E-state index in [2.05, 4.69) is 5.32 Å². The Hall–Kier alpha value is -3.09. The average Bonchev–Trinajstić information content (AvgIpc) is 2.64. The highest BCUT2D eigenvalue weighted by Crippen LogP contribution is 2.22. The van der Waals surface area contributed by atoms with E-state index in [9.17, 15) is 19.1 Å². The Morgan fingerprint density at radius 3 is 2.56 bits per heavy atom. The van der Waals surface area contributed by atoms with Gasteiger partial charge in [0.2, 0.25) is 5.91 Å². The minimum Gasteiger partial charge on any atom is -0.494 e. The number of hydrogen-bond donors (Lipinski definition) is 2. The number of benzene rings is 2. The number of methoxy groups -OCH3 is 1. The van der Waals surface area contributed by atoms with Crippen LogP contribution < -0.4 is 14.8 Å². The van der Waals surface area contributed by atoms with E-state index < -0.39 is 23.7 Å². The number of para-hydroxylation sites is 1. The number of ether oxygens (including phenoxy) is 2. The molecule has 7 heteroatoms. The molecule has 0 spiro atoms. The summed E-state index contributed by atoms with van der Waals surface area (Å²) in [4.78, 5) is 23.5. The van der Waals surface area contributed by atoms with Crippen molar-refractivity contribution in [2.45, 2.75) is 25.8 Å². The third kappa shape index (κ3) is 5.70. The highest BCUT2D eigenvalue weighted by atomic mass is 19.1. The van der Waals surface area contributed by atoms with Crippen LogP contribution in [0.3, 0.4) is 0 Å². The summed E-state index contributed by atoms with van der Waals surface area (Å²) in [6.07, 6.45) is 0.512. The smallest absolute Gasteiger partial charge is 0.330 e. The monoisotopic (exact) mass is 375 g/mol. The van der Waals surface area contributed by atoms with Crippen LogP contribution in [-0.2, 0) is 9.59 Å². The lowest BCUT2D eigenvalue weighted by molar-refractivity contribution is -0.142. The van der Waals surface area contributed by atoms with Gasteiger partial charge in [-0.3, -0.25) is 4.79 Å². The van der Waals surface area contributed by atoms with Crippen molar-refractivity contribution in [3.63, 3.8) is 0 Å². The first kappa shape index (κ1) is 20.2. The highest BCUT2D eigenvalue weighted by molar-refractivity contribution is 5.84. The van der Waals surface area contributed by atoms with Crippen LogP contribution in [0, 0.1) is 12.7 Å². The van der Waals surface area contributed by atoms with Gasteiger partial charge in [0.1, 0.15) is 5.75 Å². The second-order valence-electron chi connectivity index (χ2n) is 5.95. The van der Waals surface area contributed by atoms with Gasteiger partial charge in [-0.15, -0.1) is 0 Å². The Balaban J connectivity index is 1.89. The van der Waals surface area contributed by atoms with Crippen molar-refractivity contribution in [1.29, 1.82) is 0 Å². The van der Waals surface area contributed by atoms with Crippen molar-refractivity contribution in [1.82, 2.24) is 5.32 Å². The molecule has 0 radical (unpaired) electrons. The van der Waals surface area contributed by atoms with Crippen LogP contribution >= 0.6 is 0 Å². The molecule has 2 rings (SSSR count). The van der Waals surface area contributed by atoms with E-state index in [1.807, 2.05) is 31.2 Å². The van der Waals surface area contributed by atoms with Crippen molar-refractivity contribution in [2.24, 2.45) is 0 Å². The van der Waals surface area contributed by atoms with Crippen LogP contribution in [0.1, 0.15) is 30.0 Å². The fraction of sp³-hybridized carbons (Fsp3) is 0.300. The summed E-state index contributed by atoms with van der Waals surface area (Å²) >= 11 is 0. The van der Waals surface area contributed by atoms with Gasteiger partial charge in [0.25, 0.3) is 0 Å². The van der Waals surface area contributed by atoms with Crippen LogP contribution in [0.15, 0.2) is 42.5 Å². The molecule has 2 aromatic rings. The summed E-state index contributed by atoms with van der Waals surface area (Å²) in [5.41, 5.74) is 1.12. The molecule has 0 aromatic heterocycles. The van der Waals surface area contributed by atoms with E-state index in [0.29, 0.717) is 13.0 Å². The third-order valence-electron chi connectivity index (χ3n) is 3.96. The van der Waals surface area contributed by atoms with Gasteiger partial charge >= 0.3 is 5.97 Å². The quantitative estimate of drug-likeness (QED) is 0.657. The van der Waals surface area contributed by atoms with E-state index in [1.54, 1.807) is 0 Å². The first-order valence-electron chi connectivity index (χ1n) is 8.46. The summed E-state index contributed by atoms with van der Waals surface area (Å²) in [5.74, 6) is -1.67. The van der Waals surface area contributed by atoms with Crippen LogP contribution in [-0.4, -0.2) is 30.7 Å². The zero-order valence-corrected chi connectivity index (χ0v) is 15.2. The van der Waals surface area contributed by atoms with Gasteiger partial charge in [-0.1, -0.05) is 24.3 Å². The van der Waals surface area contributed by atoms with E-state index in [4.69, 9.17) is 9.47 Å². The zero-order valence-electron chi connectivity index (χ0n) is 15.2. The van der Waals surface area contributed by atoms with Crippen molar-refractivity contribution in [3.8, 4) is 11.5 Å². The number of amides is 1. The van der Waals surface area contributed by atoms with Crippen molar-refractivity contribution in [3.05, 3.63) is 59.4 Å². The number of carbonyl (C=O) groups excluding carboxylic acids is 1. The number of aryl methyl sites for hydroxylation is 1. The number of aliphatic carboxylic acids is 1. The Labute approximate surface area is 156 Å². The molecule has 2 N–H and O–H groups in total. The second-order valence-corrected chi connectivity index (χ2v) is 5.95. The molecule has 0 aliphatic heterocycles. The number of halogens is 1. The van der Waals surface area contributed by atoms with Crippen molar-refractivity contribution >= 4 is 11.9 Å². The number of carboxylic acid groups (broad SMARTS) is 1. The standard InChI is InChI=1S/C20H22FNO5/c1-13-6-3-4-7-16(13)27-11-5-8-18(23)22-19(20(24)25)14-9-10-17(26-2)15(21)12-14/h3-4,6-7,9-10,12,19H,5,8,11H2,1-2H3,(H,22,23)(H,24,25). The van der Waals surface area contributed by atoms with E-state index in [0.717, 1.165) is 17.4 Å². The number of hydrogen-bond acceptors (Lipinski definition) is 4. The van der Waals surface area contributed by atoms with Gasteiger partial charge in [0.05, 0.1) is 13.7 Å². The van der Waals surface area contributed by atoms with E-state index >= 15 is 0 Å². The van der Waals surface area contributed by atoms with Crippen LogP contribution in [0.5, 0.6) is 11.5 Å². The number of carboxylic acids is 1. The predicted molar refractivity (Wildman–Crippen MR) is 97.4 cm³/mol. The molecular formula is C20H22FNO5. The molecule has 0 aliphatic rings. The molecule has 1 unspecified atom stereocenters. The van der Waals surface area contributed by atoms with Gasteiger partial charge in [-0.25, -0.2) is 9.18 Å². The highest BCUT2D eigenvalue weighted by Gasteiger charge is 2.23. The SMILES string of the molecule is COc1ccc(C(NC(=O)CCCOc2ccccc2C)C(=O)O)cc1F. The number of nitrogens with one attached hydrogen (secondary N) is 1. The Morgan fingerprint density at radius 2 is 1.93 bits per heavy atom. The lowest BCUT2D eigenvalue weighted by Gasteiger charge is -2.16. The Morgan fingerprint density at radius 1 is 1.19 bits per heavy atom. The molecule has 1 atom stereocenters. The predicted octanol–water partition coefficient (Wildman–Crippen LogP) is 3.24. The van der Waals surface area contributed by atoms with Crippen LogP contribution in [0.25, 0.3) is 0 Å². The first-order valence-corrected chi connectivity index (χ1v) is 8.46. The maximum atomic E-state index is 13.8. The van der Waals surface area contributed by atoms with Crippen LogP contribution in [0.2, 0.25) is 0 Å². The molecule has 0 fully saturated rings. The van der Waals surface area contributed by atoms with Gasteiger partial charge in [-0.05, 0) is 42.7 Å². The van der Waals surface area contributed by atoms with Crippen molar-refractivity contribution in [2.75, 3.05) is 13.7 Å². The molecule has 0 bridgehead atoms. The molecule has 6 nitrogen and oxygen atoms in total. The van der Waals surface area contributed by atoms with Crippen molar-refractivity contribution < 1.29 is 28.6 Å². The molecule has 2 aromatic carbocycles. The fourth-order valence-corrected chi connectivity index (χ4v) is 2.52. The minimum absolute atomic E-state index is 0.00238. The Kier molecular flexibility index (Phi) is 7.16. The van der Waals surface area contributed by atoms with Gasteiger partial charge < -0.3 is 19.9 Å². The Bertz CT molecular complexity index is 809. The van der Waals surface area contributed by atoms with E-state index in [1.165, 1.54) is 19.2 Å². The molecular weight excluding hydrogens is 353 g/mol. The molecule has 0 aliphatic carbocycles. The van der Waals surface area contributed by atoms with Gasteiger partial charge in [0.15, 0.2) is 17.6 Å².